The zero-order chi connectivity index (χ0) is 86.5. The van der Waals surface area contributed by atoms with Gasteiger partial charge in [0.05, 0.1) is 42.3 Å². The van der Waals surface area contributed by atoms with Crippen LogP contribution in [0.1, 0.15) is 144 Å². The predicted octanol–water partition coefficient (Wildman–Crippen LogP) is 10.0. The minimum Gasteiger partial charge on any atom is -1.00 e. The molecule has 1 aromatic carbocycles. The number of terminal acetylenes is 1. The van der Waals surface area contributed by atoms with Crippen LogP contribution >= 0.6 is 34.8 Å². The first-order chi connectivity index (χ1) is 51.0. The molecule has 0 saturated carbocycles. The summed E-state index contributed by atoms with van der Waals surface area (Å²) in [6.45, 7) is 14.6. The van der Waals surface area contributed by atoms with Crippen molar-refractivity contribution in [2.75, 3.05) is 76.6 Å². The van der Waals surface area contributed by atoms with Crippen molar-refractivity contribution in [3.63, 3.8) is 0 Å². The summed E-state index contributed by atoms with van der Waals surface area (Å²) in [7, 11) is 9.88. The van der Waals surface area contributed by atoms with Crippen LogP contribution in [0.15, 0.2) is 91.0 Å². The maximum absolute atomic E-state index is 12.1. The number of halogens is 13. The van der Waals surface area contributed by atoms with Crippen LogP contribution in [0.2, 0.25) is 35.1 Å². The third-order valence-electron chi connectivity index (χ3n) is 10.8. The number of carbonyl (C=O) groups is 7. The van der Waals surface area contributed by atoms with Gasteiger partial charge in [-0.1, -0.05) is 59.9 Å². The van der Waals surface area contributed by atoms with Crippen molar-refractivity contribution in [1.29, 1.82) is 0 Å². The maximum atomic E-state index is 12.1. The summed E-state index contributed by atoms with van der Waals surface area (Å²) < 4.78 is 144. The molecule has 30 nitrogen and oxygen atoms in total. The zero-order valence-corrected chi connectivity index (χ0v) is 67.7. The number of alkyl halides is 3. The maximum Gasteiger partial charge on any atom is 0.522 e. The van der Waals surface area contributed by atoms with E-state index < -0.39 is 70.8 Å². The Labute approximate surface area is 672 Å². The molecule has 8 aromatic rings. The summed E-state index contributed by atoms with van der Waals surface area (Å²) in [6.07, 6.45) is 8.32. The molecule has 0 bridgehead atoms. The second-order valence-corrected chi connectivity index (χ2v) is 31.4. The molecule has 1 fully saturated rings. The van der Waals surface area contributed by atoms with E-state index in [-0.39, 0.29) is 90.3 Å². The topological polar surface area (TPSA) is 396 Å². The molecule has 45 heteroatoms. The van der Waals surface area contributed by atoms with Gasteiger partial charge in [0.15, 0.2) is 73.2 Å². The summed E-state index contributed by atoms with van der Waals surface area (Å²) in [5.74, 6) is -10.00. The summed E-state index contributed by atoms with van der Waals surface area (Å²) in [5.41, 5.74) is -3.55. The van der Waals surface area contributed by atoms with E-state index in [9.17, 15) is 81.5 Å². The first-order valence-corrected chi connectivity index (χ1v) is 36.6. The molecule has 0 unspecified atom stereocenters. The number of rotatable bonds is 11. The quantitative estimate of drug-likeness (QED) is 0.0231. The van der Waals surface area contributed by atoms with E-state index in [0.29, 0.717) is 42.0 Å². The molecule has 624 valence electrons. The van der Waals surface area contributed by atoms with Crippen LogP contribution in [-0.2, 0) is 18.7 Å². The molecule has 2 N–H and O–H groups in total. The zero-order valence-electron chi connectivity index (χ0n) is 63.9. The number of hydrogen-bond acceptors (Lipinski definition) is 27. The van der Waals surface area contributed by atoms with Gasteiger partial charge < -0.3 is 36.1 Å². The fourth-order valence-corrected chi connectivity index (χ4v) is 8.95. The number of carboxylic acid groups (broad SMARTS) is 1. The Hall–Kier alpha value is -9.87. The van der Waals surface area contributed by atoms with Gasteiger partial charge in [-0.05, 0) is 126 Å². The number of carbonyl (C=O) groups excluding carboxylic acids is 6. The predicted molar refractivity (Wildman–Crippen MR) is 406 cm³/mol. The third-order valence-corrected chi connectivity index (χ3v) is 14.8. The number of benzene rings is 1. The number of hydrogen-bond donors (Lipinski definition) is 2. The number of ketones is 6. The molecule has 1 aliphatic rings. The van der Waals surface area contributed by atoms with Crippen molar-refractivity contribution < 1.29 is 114 Å². The first kappa shape index (κ1) is 112. The lowest BCUT2D eigenvalue weighted by Gasteiger charge is -2.20. The molecule has 7 aromatic heterocycles. The molecule has 0 spiro atoms. The number of quaternary nitrogens is 2. The molecule has 113 heavy (non-hydrogen) atoms. The van der Waals surface area contributed by atoms with E-state index in [1.807, 2.05) is 80.5 Å². The SMILES string of the molecule is C.C.C1CCOC1.CC(=O)c1ccc(Cl)nn1.CC(=O)c1ccc(Cl)nn1.CC(=O)c1ccc(F)nn1.CC(=O)c1ccc([18F])nn1.CC(=O)c1ccc([N+](C)(C)C)nn1.CC(=O)c1ccc([N+](C)(C)C)nn1.CN(C)C.C[Si](C)(C)OS(=O)(=O)C(F)(F)F.O=C(O)c1ccc(Cl)nn1.Oc1c(F)c(F)cc(F)c1F.[2H]C#C.[Cl-]. The van der Waals surface area contributed by atoms with Crippen LogP contribution in [-0.4, -0.2) is 226 Å². The molecule has 0 amide bonds. The van der Waals surface area contributed by atoms with Crippen molar-refractivity contribution in [3.05, 3.63) is 181 Å². The number of aromatic carboxylic acids is 1. The number of phenols is 1. The molecule has 0 aliphatic carbocycles. The van der Waals surface area contributed by atoms with E-state index >= 15 is 0 Å². The van der Waals surface area contributed by atoms with Gasteiger partial charge >= 0.3 is 21.6 Å². The fraction of sp³-hybridized carbons (Fsp3) is 0.368. The lowest BCUT2D eigenvalue weighted by atomic mass is 10.3. The standard InChI is InChI=1S/2C9H14N3O.2C6H5ClN2O.C6H2F4O.2C6H5FN2O.C5H3ClN2O2.C4H9F3O3SSi.C4H8O.C3H9N.C2H2.2CH4.ClH/c2*1-7(13)8-5-6-9(11-10-8)12(2,3)4;2*1-4(10)5-2-3-6(7)9-8-5;7-2-1-3(8)5(10)6(11)4(2)9;2*1-4(10)5-2-3-6(7)9-8-5;6-4-2-1-3(5(9)10)7-8-4;1-12(2,3)10-11(8,9)4(5,6)7;1-2-4-5-3-1;1-4(2)3;1-2;;;/h2*5-6H,1-4H3;2*2-3H,1H3;1,11H;2*2-3H,1H3;1-2H,(H,9,10);1-3H3;1-4H2;1-3H3;1-2H;2*1H4;1H/q2*+1;;;;;;;;;;;;;/p-1/i;;;;;7-1;;;;;;1D;;;. The first-order valence-electron chi connectivity index (χ1n) is 31.1. The normalized spacial score (nSPS) is 10.8. The van der Waals surface area contributed by atoms with Gasteiger partial charge in [0, 0.05) is 73.0 Å². The van der Waals surface area contributed by atoms with E-state index in [0.717, 1.165) is 37.0 Å². The van der Waals surface area contributed by atoms with E-state index in [1.165, 1.54) is 129 Å². The van der Waals surface area contributed by atoms with Gasteiger partial charge in [0.1, 0.15) is 35.5 Å². The van der Waals surface area contributed by atoms with Crippen LogP contribution in [0.3, 0.4) is 0 Å². The molecule has 0 atom stereocenters. The second-order valence-electron chi connectivity index (χ2n) is 24.0. The van der Waals surface area contributed by atoms with Gasteiger partial charge in [-0.25, -0.2) is 13.6 Å². The summed E-state index contributed by atoms with van der Waals surface area (Å²) in [5, 5.41) is 66.5. The Morgan fingerprint density at radius 3 is 0.894 bits per heavy atom. The van der Waals surface area contributed by atoms with Crippen molar-refractivity contribution in [2.45, 2.75) is 94.4 Å². The van der Waals surface area contributed by atoms with Crippen molar-refractivity contribution >= 4 is 106 Å². The van der Waals surface area contributed by atoms with E-state index in [2.05, 4.69) is 81.7 Å². The summed E-state index contributed by atoms with van der Waals surface area (Å²) in [4.78, 5) is 76.2. The number of aromatic nitrogens is 14. The van der Waals surface area contributed by atoms with Crippen molar-refractivity contribution in [3.8, 4) is 18.6 Å². The summed E-state index contributed by atoms with van der Waals surface area (Å²) in [6, 6.07) is 20.7. The number of ether oxygens (including phenoxy) is 1. The minimum absolute atomic E-state index is 0. The van der Waals surface area contributed by atoms with Crippen LogP contribution in [0.5, 0.6) is 5.75 Å². The van der Waals surface area contributed by atoms with Gasteiger partial charge in [0.25, 0.3) is 0 Å². The van der Waals surface area contributed by atoms with E-state index in [4.69, 9.17) is 51.1 Å². The van der Waals surface area contributed by atoms with Crippen molar-refractivity contribution in [2.24, 2.45) is 0 Å². The van der Waals surface area contributed by atoms with Crippen LogP contribution in [0, 0.1) is 48.0 Å². The number of phenolic OH excluding ortho intramolecular Hbond substituents is 1. The Balaban J connectivity index is -0.000000282. The van der Waals surface area contributed by atoms with Crippen LogP contribution in [0.25, 0.3) is 0 Å². The van der Waals surface area contributed by atoms with Gasteiger partial charge in [0.2, 0.25) is 43.5 Å². The van der Waals surface area contributed by atoms with E-state index in [1.54, 1.807) is 12.1 Å². The highest BCUT2D eigenvalue weighted by atomic mass is 35.5. The number of carboxylic acids is 1. The average molecular weight is 1730 g/mol. The van der Waals surface area contributed by atoms with Crippen LogP contribution in [0.4, 0.5) is 51.1 Å². The second kappa shape index (κ2) is 56.4. The van der Waals surface area contributed by atoms with Crippen LogP contribution < -0.4 is 21.4 Å². The minimum atomic E-state index is -5.39. The Bertz CT molecular complexity index is 3960. The average Bonchev–Trinajstić information content (AvgIpc) is 0.912. The molecular weight excluding hydrogens is 1630 g/mol. The fourth-order valence-electron chi connectivity index (χ4n) is 5.63. The highest BCUT2D eigenvalue weighted by molar-refractivity contribution is 7.88. The highest BCUT2D eigenvalue weighted by Crippen LogP contribution is 2.28. The highest BCUT2D eigenvalue weighted by Gasteiger charge is 2.49. The number of nitrogens with zero attached hydrogens (tertiary/aromatic N) is 17. The molecular formula is C68H89Cl4F9N17O13SSi+. The molecule has 8 heterocycles. The summed E-state index contributed by atoms with van der Waals surface area (Å²) >= 11 is 16.2. The van der Waals surface area contributed by atoms with Gasteiger partial charge in [-0.2, -0.15) is 39.2 Å². The lowest BCUT2D eigenvalue weighted by molar-refractivity contribution is -0.0503. The van der Waals surface area contributed by atoms with Crippen molar-refractivity contribution in [1.82, 2.24) is 85.2 Å². The molecule has 1 saturated heterocycles. The van der Waals surface area contributed by atoms with Gasteiger partial charge in [-0.15, -0.1) is 74.0 Å². The lowest BCUT2D eigenvalue weighted by Crippen LogP contribution is -3.00. The van der Waals surface area contributed by atoms with Gasteiger partial charge in [-0.3, -0.25) is 37.7 Å². The Kier molecular flexibility index (Phi) is 55.7. The molecule has 9 rings (SSSR count). The Morgan fingerprint density at radius 2 is 0.735 bits per heavy atom. The third kappa shape index (κ3) is 52.1. The number of Topliss-reactive ketones (excluding diaryl/α,β-unsaturated/α-hetero) is 6. The smallest absolute Gasteiger partial charge is 0.522 e. The molecule has 0 radical (unpaired) electrons. The monoisotopic (exact) mass is 1720 g/mol. The number of aromatic hydroxyl groups is 1. The largest absolute Gasteiger partial charge is 1.00 e. The Morgan fingerprint density at radius 1 is 0.496 bits per heavy atom. The molecule has 1 aliphatic heterocycles.